The zero-order valence-corrected chi connectivity index (χ0v) is 27.0. The molecule has 11 heteroatoms. The van der Waals surface area contributed by atoms with E-state index in [1.54, 1.807) is 103 Å². The van der Waals surface area contributed by atoms with Gasteiger partial charge in [-0.1, -0.05) is 41.9 Å². The van der Waals surface area contributed by atoms with Crippen LogP contribution in [0.2, 0.25) is 5.02 Å². The third kappa shape index (κ3) is 7.98. The van der Waals surface area contributed by atoms with Crippen molar-refractivity contribution in [2.45, 2.75) is 16.6 Å². The number of carbonyl (C=O) groups is 4. The van der Waals surface area contributed by atoms with Gasteiger partial charge < -0.3 is 15.4 Å². The Bertz CT molecular complexity index is 1950. The lowest BCUT2D eigenvalue weighted by Crippen LogP contribution is -2.31. The molecule has 4 amide bonds. The van der Waals surface area contributed by atoms with Crippen LogP contribution >= 0.6 is 34.7 Å². The maximum absolute atomic E-state index is 13.4. The summed E-state index contributed by atoms with van der Waals surface area (Å²) in [5, 5.41) is 7.41. The Labute approximate surface area is 284 Å². The first-order valence-corrected chi connectivity index (χ1v) is 16.6. The number of halogens is 1. The molecule has 0 bridgehead atoms. The third-order valence-corrected chi connectivity index (χ3v) is 9.23. The van der Waals surface area contributed by atoms with Crippen molar-refractivity contribution >= 4 is 75.8 Å². The zero-order chi connectivity index (χ0) is 32.8. The van der Waals surface area contributed by atoms with E-state index in [1.165, 1.54) is 28.0 Å². The minimum Gasteiger partial charge on any atom is -0.457 e. The lowest BCUT2D eigenvalue weighted by molar-refractivity contribution is -0.121. The van der Waals surface area contributed by atoms with Gasteiger partial charge in [-0.3, -0.25) is 19.2 Å². The van der Waals surface area contributed by atoms with E-state index in [-0.39, 0.29) is 23.9 Å². The molecule has 0 aliphatic carbocycles. The van der Waals surface area contributed by atoms with Crippen LogP contribution in [-0.2, 0) is 14.4 Å². The summed E-state index contributed by atoms with van der Waals surface area (Å²) in [6.07, 6.45) is 1.65. The van der Waals surface area contributed by atoms with Crippen LogP contribution in [0.3, 0.4) is 0 Å². The quantitative estimate of drug-likeness (QED) is 0.114. The van der Waals surface area contributed by atoms with E-state index in [1.807, 2.05) is 23.6 Å². The van der Waals surface area contributed by atoms with Crippen molar-refractivity contribution in [1.82, 2.24) is 5.32 Å². The second-order valence-electron chi connectivity index (χ2n) is 10.3. The van der Waals surface area contributed by atoms with Crippen molar-refractivity contribution in [3.63, 3.8) is 0 Å². The van der Waals surface area contributed by atoms with Gasteiger partial charge in [0.15, 0.2) is 0 Å². The molecular weight excluding hydrogens is 654 g/mol. The van der Waals surface area contributed by atoms with Crippen LogP contribution in [0.4, 0.5) is 11.4 Å². The van der Waals surface area contributed by atoms with E-state index < -0.39 is 17.1 Å². The summed E-state index contributed by atoms with van der Waals surface area (Å²) in [4.78, 5) is 55.3. The Hall–Kier alpha value is -5.16. The maximum atomic E-state index is 13.4. The number of anilines is 2. The van der Waals surface area contributed by atoms with E-state index in [9.17, 15) is 19.2 Å². The number of nitrogens with one attached hydrogen (secondary N) is 2. The highest BCUT2D eigenvalue weighted by Crippen LogP contribution is 2.36. The number of ether oxygens (including phenoxy) is 1. The molecule has 0 radical (unpaired) electrons. The van der Waals surface area contributed by atoms with Gasteiger partial charge in [0, 0.05) is 32.5 Å². The Morgan fingerprint density at radius 2 is 1.60 bits per heavy atom. The van der Waals surface area contributed by atoms with Gasteiger partial charge in [0.25, 0.3) is 11.8 Å². The first-order chi connectivity index (χ1) is 22.8. The second-order valence-corrected chi connectivity index (χ2v) is 13.0. The van der Waals surface area contributed by atoms with E-state index in [4.69, 9.17) is 16.3 Å². The molecule has 2 heterocycles. The third-order valence-electron chi connectivity index (χ3n) is 6.98. The Morgan fingerprint density at radius 1 is 0.872 bits per heavy atom. The monoisotopic (exact) mass is 679 g/mol. The van der Waals surface area contributed by atoms with E-state index >= 15 is 0 Å². The van der Waals surface area contributed by atoms with Crippen molar-refractivity contribution in [2.24, 2.45) is 0 Å². The fourth-order valence-electron chi connectivity index (χ4n) is 4.74. The van der Waals surface area contributed by atoms with E-state index in [0.29, 0.717) is 38.4 Å². The Balaban J connectivity index is 1.11. The molecule has 0 saturated carbocycles. The molecule has 1 saturated heterocycles. The normalized spacial score (nSPS) is 14.6. The van der Waals surface area contributed by atoms with Crippen molar-refractivity contribution in [2.75, 3.05) is 10.2 Å². The molecule has 1 aromatic heterocycles. The largest absolute Gasteiger partial charge is 0.457 e. The van der Waals surface area contributed by atoms with Gasteiger partial charge in [0.2, 0.25) is 11.8 Å². The van der Waals surface area contributed by atoms with Gasteiger partial charge in [-0.25, -0.2) is 4.90 Å². The van der Waals surface area contributed by atoms with Crippen LogP contribution in [0.15, 0.2) is 131 Å². The van der Waals surface area contributed by atoms with Crippen LogP contribution < -0.4 is 20.3 Å². The van der Waals surface area contributed by atoms with Gasteiger partial charge in [-0.15, -0.1) is 23.1 Å². The Morgan fingerprint density at radius 3 is 2.30 bits per heavy atom. The molecule has 0 spiro atoms. The lowest BCUT2D eigenvalue weighted by Gasteiger charge is -2.16. The van der Waals surface area contributed by atoms with Gasteiger partial charge in [0.05, 0.1) is 10.9 Å². The summed E-state index contributed by atoms with van der Waals surface area (Å²) in [6.45, 7) is 0. The number of rotatable bonds is 10. The van der Waals surface area contributed by atoms with Crippen LogP contribution in [0.1, 0.15) is 21.7 Å². The minimum absolute atomic E-state index is 0.0301. The van der Waals surface area contributed by atoms with Crippen molar-refractivity contribution in [3.8, 4) is 11.5 Å². The van der Waals surface area contributed by atoms with Gasteiger partial charge in [-0.05, 0) is 96.4 Å². The summed E-state index contributed by atoms with van der Waals surface area (Å²) in [6, 6.07) is 33.0. The first kappa shape index (κ1) is 31.8. The number of benzene rings is 4. The summed E-state index contributed by atoms with van der Waals surface area (Å²) < 4.78 is 5.82. The number of thiophene rings is 1. The van der Waals surface area contributed by atoms with Gasteiger partial charge >= 0.3 is 0 Å². The molecule has 1 unspecified atom stereocenters. The second kappa shape index (κ2) is 14.5. The highest BCUT2D eigenvalue weighted by atomic mass is 35.5. The van der Waals surface area contributed by atoms with Gasteiger partial charge in [-0.2, -0.15) is 0 Å². The van der Waals surface area contributed by atoms with Crippen molar-refractivity contribution in [3.05, 3.63) is 142 Å². The molecule has 5 aromatic rings. The van der Waals surface area contributed by atoms with Crippen LogP contribution in [0, 0.1) is 0 Å². The number of nitrogens with zero attached hydrogens (tertiary/aromatic N) is 1. The molecule has 6 rings (SSSR count). The van der Waals surface area contributed by atoms with E-state index in [0.717, 1.165) is 4.88 Å². The fourth-order valence-corrected chi connectivity index (χ4v) is 6.63. The minimum atomic E-state index is -0.641. The van der Waals surface area contributed by atoms with E-state index in [2.05, 4.69) is 10.6 Å². The SMILES string of the molecule is O=C(Nc1cccc(SC2CC(=O)N(c3ccc(Oc4ccc(Cl)cc4)cc3)C2=O)c1)C(=Cc1cccs1)NC(=O)c1ccccc1. The van der Waals surface area contributed by atoms with Crippen LogP contribution in [0.25, 0.3) is 6.08 Å². The average Bonchev–Trinajstić information content (AvgIpc) is 3.69. The topological polar surface area (TPSA) is 105 Å². The van der Waals surface area contributed by atoms with Crippen LogP contribution in [0.5, 0.6) is 11.5 Å². The molecule has 1 atom stereocenters. The maximum Gasteiger partial charge on any atom is 0.272 e. The van der Waals surface area contributed by atoms with Crippen molar-refractivity contribution < 1.29 is 23.9 Å². The predicted octanol–water partition coefficient (Wildman–Crippen LogP) is 8.03. The molecule has 4 aromatic carbocycles. The summed E-state index contributed by atoms with van der Waals surface area (Å²) in [7, 11) is 0. The van der Waals surface area contributed by atoms with Gasteiger partial charge in [0.1, 0.15) is 17.2 Å². The zero-order valence-electron chi connectivity index (χ0n) is 24.6. The summed E-state index contributed by atoms with van der Waals surface area (Å²) in [5.41, 5.74) is 1.42. The first-order valence-electron chi connectivity index (χ1n) is 14.4. The number of thioether (sulfide) groups is 1. The molecule has 8 nitrogen and oxygen atoms in total. The Kier molecular flexibility index (Phi) is 9.82. The highest BCUT2D eigenvalue weighted by Gasteiger charge is 2.40. The summed E-state index contributed by atoms with van der Waals surface area (Å²) in [5.74, 6) is -0.395. The average molecular weight is 680 g/mol. The molecule has 47 heavy (non-hydrogen) atoms. The lowest BCUT2D eigenvalue weighted by atomic mass is 10.2. The molecule has 1 fully saturated rings. The molecule has 2 N–H and O–H groups in total. The molecular formula is C36H26ClN3O5S2. The standard InChI is InChI=1S/C36H26ClN3O5S2/c37-24-11-15-27(16-12-24)45-28-17-13-26(14-18-28)40-33(41)22-32(36(40)44)47-30-9-4-8-25(20-30)38-35(43)31(21-29-10-5-19-46-29)39-34(42)23-6-2-1-3-7-23/h1-21,32H,22H2,(H,38,43)(H,39,42). The van der Waals surface area contributed by atoms with Crippen molar-refractivity contribution in [1.29, 1.82) is 0 Å². The number of carbonyl (C=O) groups excluding carboxylic acids is 4. The predicted molar refractivity (Wildman–Crippen MR) is 186 cm³/mol. The number of hydrogen-bond acceptors (Lipinski definition) is 7. The molecule has 1 aliphatic heterocycles. The fraction of sp³-hybridized carbons (Fsp3) is 0.0556. The molecule has 1 aliphatic rings. The summed E-state index contributed by atoms with van der Waals surface area (Å²) >= 11 is 8.61. The smallest absolute Gasteiger partial charge is 0.272 e. The highest BCUT2D eigenvalue weighted by molar-refractivity contribution is 8.00. The molecule has 234 valence electrons. The number of imide groups is 1. The number of hydrogen-bond donors (Lipinski definition) is 2. The number of amides is 4. The van der Waals surface area contributed by atoms with Crippen LogP contribution in [-0.4, -0.2) is 28.9 Å².